The zero-order chi connectivity index (χ0) is 20.5. The molecule has 30 heavy (non-hydrogen) atoms. The first-order chi connectivity index (χ1) is 14.7. The van der Waals surface area contributed by atoms with Crippen molar-refractivity contribution in [3.05, 3.63) is 78.1 Å². The third kappa shape index (κ3) is 3.59. The molecule has 0 aliphatic carbocycles. The highest BCUT2D eigenvalue weighted by Gasteiger charge is 2.26. The Bertz CT molecular complexity index is 1210. The Morgan fingerprint density at radius 2 is 1.83 bits per heavy atom. The van der Waals surface area contributed by atoms with E-state index < -0.39 is 0 Å². The molecule has 150 valence electrons. The lowest BCUT2D eigenvalue weighted by molar-refractivity contribution is -0.131. The number of hydrogen-bond acceptors (Lipinski definition) is 5. The monoisotopic (exact) mass is 415 g/mol. The quantitative estimate of drug-likeness (QED) is 0.348. The number of carbonyl (C=O) groups excluding carboxylic acids is 1. The van der Waals surface area contributed by atoms with Crippen LogP contribution in [-0.4, -0.2) is 32.6 Å². The summed E-state index contributed by atoms with van der Waals surface area (Å²) in [4.78, 5) is 24.5. The number of carbonyl (C=O) groups is 1. The summed E-state index contributed by atoms with van der Waals surface area (Å²) in [6.07, 6.45) is 2.51. The lowest BCUT2D eigenvalue weighted by atomic mass is 10.00. The maximum atomic E-state index is 13.2. The van der Waals surface area contributed by atoms with Crippen molar-refractivity contribution in [3.63, 3.8) is 0 Å². The molecule has 2 aromatic heterocycles. The Morgan fingerprint density at radius 3 is 2.67 bits per heavy atom. The topological polar surface area (TPSA) is 59.2 Å². The minimum Gasteiger partial charge on any atom is -0.461 e. The van der Waals surface area contributed by atoms with Gasteiger partial charge >= 0.3 is 0 Å². The van der Waals surface area contributed by atoms with E-state index in [0.29, 0.717) is 18.1 Å². The van der Waals surface area contributed by atoms with E-state index >= 15 is 0 Å². The highest BCUT2D eigenvalue weighted by Crippen LogP contribution is 2.32. The highest BCUT2D eigenvalue weighted by atomic mass is 32.2. The second-order valence-electron chi connectivity index (χ2n) is 7.39. The summed E-state index contributed by atoms with van der Waals surface area (Å²) in [5.41, 5.74) is 3.42. The molecular weight excluding hydrogens is 394 g/mol. The molecule has 0 N–H and O–H groups in total. The van der Waals surface area contributed by atoms with Crippen LogP contribution >= 0.6 is 11.8 Å². The van der Waals surface area contributed by atoms with Crippen LogP contribution in [0.2, 0.25) is 0 Å². The van der Waals surface area contributed by atoms with Crippen LogP contribution in [0.1, 0.15) is 18.1 Å². The number of benzene rings is 2. The SMILES string of the molecule is C[C@H](Sc1nc(-c2ccco2)nc2ccccc12)C(=O)N1CCc2ccccc2C1. The van der Waals surface area contributed by atoms with E-state index in [2.05, 4.69) is 23.2 Å². The van der Waals surface area contributed by atoms with Crippen LogP contribution in [0.5, 0.6) is 0 Å². The van der Waals surface area contributed by atoms with E-state index in [1.165, 1.54) is 22.9 Å². The van der Waals surface area contributed by atoms with Gasteiger partial charge in [0.1, 0.15) is 5.03 Å². The van der Waals surface area contributed by atoms with Crippen molar-refractivity contribution in [2.24, 2.45) is 0 Å². The molecule has 0 bridgehead atoms. The average molecular weight is 416 g/mol. The standard InChI is InChI=1S/C24H21N3O2S/c1-16(24(28)27-13-12-17-7-2-3-8-18(17)15-27)30-23-19-9-4-5-10-20(19)25-22(26-23)21-11-6-14-29-21/h2-11,14,16H,12-13,15H2,1H3/t16-/m0/s1. The average Bonchev–Trinajstić information content (AvgIpc) is 3.33. The molecule has 0 unspecified atom stereocenters. The molecule has 1 aliphatic rings. The van der Waals surface area contributed by atoms with E-state index in [-0.39, 0.29) is 11.2 Å². The van der Waals surface area contributed by atoms with Crippen LogP contribution in [0, 0.1) is 0 Å². The first-order valence-electron chi connectivity index (χ1n) is 10.0. The van der Waals surface area contributed by atoms with Gasteiger partial charge in [-0.2, -0.15) is 0 Å². The molecule has 5 nitrogen and oxygen atoms in total. The summed E-state index contributed by atoms with van der Waals surface area (Å²) in [7, 11) is 0. The van der Waals surface area contributed by atoms with Gasteiger partial charge in [0.15, 0.2) is 11.6 Å². The van der Waals surface area contributed by atoms with Crippen LogP contribution in [0.15, 0.2) is 76.4 Å². The molecule has 1 atom stereocenters. The van der Waals surface area contributed by atoms with Crippen molar-refractivity contribution >= 4 is 28.6 Å². The van der Waals surface area contributed by atoms with Crippen molar-refractivity contribution < 1.29 is 9.21 Å². The zero-order valence-corrected chi connectivity index (χ0v) is 17.4. The number of hydrogen-bond donors (Lipinski definition) is 0. The van der Waals surface area contributed by atoms with Crippen molar-refractivity contribution in [1.29, 1.82) is 0 Å². The number of rotatable bonds is 4. The predicted octanol–water partition coefficient (Wildman–Crippen LogP) is 4.96. The molecule has 6 heteroatoms. The number of furan rings is 1. The van der Waals surface area contributed by atoms with E-state index in [9.17, 15) is 4.79 Å². The molecule has 0 saturated carbocycles. The number of aromatic nitrogens is 2. The largest absolute Gasteiger partial charge is 0.461 e. The van der Waals surface area contributed by atoms with Gasteiger partial charge in [-0.3, -0.25) is 4.79 Å². The third-order valence-corrected chi connectivity index (χ3v) is 6.48. The van der Waals surface area contributed by atoms with Gasteiger partial charge in [-0.25, -0.2) is 9.97 Å². The summed E-state index contributed by atoms with van der Waals surface area (Å²) < 4.78 is 5.49. The summed E-state index contributed by atoms with van der Waals surface area (Å²) >= 11 is 1.48. The Morgan fingerprint density at radius 1 is 1.03 bits per heavy atom. The molecule has 2 aromatic carbocycles. The number of fused-ring (bicyclic) bond motifs is 2. The molecule has 0 radical (unpaired) electrons. The Kier molecular flexibility index (Phi) is 5.01. The number of amides is 1. The van der Waals surface area contributed by atoms with Crippen LogP contribution in [0.3, 0.4) is 0 Å². The van der Waals surface area contributed by atoms with Gasteiger partial charge in [-0.1, -0.05) is 54.2 Å². The van der Waals surface area contributed by atoms with Gasteiger partial charge in [0.05, 0.1) is 17.0 Å². The fraction of sp³-hybridized carbons (Fsp3) is 0.208. The summed E-state index contributed by atoms with van der Waals surface area (Å²) in [6.45, 7) is 3.38. The third-order valence-electron chi connectivity index (χ3n) is 5.39. The normalized spacial score (nSPS) is 14.5. The minimum absolute atomic E-state index is 0.136. The van der Waals surface area contributed by atoms with E-state index in [1.54, 1.807) is 6.26 Å². The van der Waals surface area contributed by atoms with E-state index in [4.69, 9.17) is 9.40 Å². The van der Waals surface area contributed by atoms with Crippen molar-refractivity contribution in [1.82, 2.24) is 14.9 Å². The summed E-state index contributed by atoms with van der Waals surface area (Å²) in [6, 6.07) is 19.9. The highest BCUT2D eigenvalue weighted by molar-refractivity contribution is 8.00. The van der Waals surface area contributed by atoms with Crippen LogP contribution in [0.25, 0.3) is 22.5 Å². The smallest absolute Gasteiger partial charge is 0.236 e. The van der Waals surface area contributed by atoms with Gasteiger partial charge in [0, 0.05) is 18.5 Å². The van der Waals surface area contributed by atoms with Gasteiger partial charge in [-0.05, 0) is 42.7 Å². The molecule has 0 saturated heterocycles. The fourth-order valence-electron chi connectivity index (χ4n) is 3.81. The van der Waals surface area contributed by atoms with Crippen LogP contribution < -0.4 is 0 Å². The minimum atomic E-state index is -0.252. The van der Waals surface area contributed by atoms with Gasteiger partial charge in [-0.15, -0.1) is 0 Å². The van der Waals surface area contributed by atoms with Crippen molar-refractivity contribution in [2.75, 3.05) is 6.54 Å². The molecule has 1 amide bonds. The maximum Gasteiger partial charge on any atom is 0.236 e. The molecular formula is C24H21N3O2S. The van der Waals surface area contributed by atoms with E-state index in [0.717, 1.165) is 28.9 Å². The zero-order valence-electron chi connectivity index (χ0n) is 16.6. The number of thioether (sulfide) groups is 1. The molecule has 0 spiro atoms. The van der Waals surface area contributed by atoms with Crippen LogP contribution in [0.4, 0.5) is 0 Å². The first kappa shape index (κ1) is 18.9. The number of para-hydroxylation sites is 1. The van der Waals surface area contributed by atoms with Gasteiger partial charge < -0.3 is 9.32 Å². The maximum absolute atomic E-state index is 13.2. The predicted molar refractivity (Wildman–Crippen MR) is 118 cm³/mol. The lowest BCUT2D eigenvalue weighted by Crippen LogP contribution is -2.40. The molecule has 3 heterocycles. The van der Waals surface area contributed by atoms with Crippen molar-refractivity contribution in [3.8, 4) is 11.6 Å². The molecule has 5 rings (SSSR count). The fourth-order valence-corrected chi connectivity index (χ4v) is 4.84. The molecule has 0 fully saturated rings. The van der Waals surface area contributed by atoms with Gasteiger partial charge in [0.2, 0.25) is 5.91 Å². The Labute approximate surface area is 179 Å². The van der Waals surface area contributed by atoms with Crippen LogP contribution in [-0.2, 0) is 17.8 Å². The second-order valence-corrected chi connectivity index (χ2v) is 8.71. The summed E-state index contributed by atoms with van der Waals surface area (Å²) in [5.74, 6) is 1.29. The lowest BCUT2D eigenvalue weighted by Gasteiger charge is -2.30. The van der Waals surface area contributed by atoms with E-state index in [1.807, 2.05) is 54.3 Å². The molecule has 1 aliphatic heterocycles. The second kappa shape index (κ2) is 7.95. The number of nitrogens with zero attached hydrogens (tertiary/aromatic N) is 3. The Balaban J connectivity index is 1.42. The molecule has 4 aromatic rings. The Hall–Kier alpha value is -3.12. The first-order valence-corrected chi connectivity index (χ1v) is 10.9. The summed E-state index contributed by atoms with van der Waals surface area (Å²) in [5, 5.41) is 1.49. The van der Waals surface area contributed by atoms with Gasteiger partial charge in [0.25, 0.3) is 0 Å². The van der Waals surface area contributed by atoms with Crippen molar-refractivity contribution in [2.45, 2.75) is 30.2 Å².